The lowest BCUT2D eigenvalue weighted by Gasteiger charge is -2.34. The summed E-state index contributed by atoms with van der Waals surface area (Å²) in [6, 6.07) is 10.3. The van der Waals surface area contributed by atoms with Gasteiger partial charge in [-0.1, -0.05) is 43.2 Å². The summed E-state index contributed by atoms with van der Waals surface area (Å²) in [5.74, 6) is 2.33. The van der Waals surface area contributed by atoms with Crippen LogP contribution < -0.4 is 0 Å². The Morgan fingerprint density at radius 1 is 0.815 bits per heavy atom. The Bertz CT molecular complexity index is 671. The van der Waals surface area contributed by atoms with Gasteiger partial charge in [0.1, 0.15) is 0 Å². The molecule has 1 aromatic heterocycles. The third-order valence-electron chi connectivity index (χ3n) is 5.99. The van der Waals surface area contributed by atoms with Gasteiger partial charge in [-0.15, -0.1) is 10.2 Å². The largest absolute Gasteiger partial charge is 0.424 e. The Kier molecular flexibility index (Phi) is 6.53. The van der Waals surface area contributed by atoms with Crippen molar-refractivity contribution in [1.29, 1.82) is 0 Å². The van der Waals surface area contributed by atoms with Gasteiger partial charge >= 0.3 is 0 Å². The first-order valence-electron chi connectivity index (χ1n) is 10.6. The topological polar surface area (TPSA) is 45.4 Å². The summed E-state index contributed by atoms with van der Waals surface area (Å²) in [5.41, 5.74) is 1.21. The molecule has 5 heteroatoms. The molecule has 2 aliphatic heterocycles. The van der Waals surface area contributed by atoms with E-state index in [1.165, 1.54) is 63.7 Å². The van der Waals surface area contributed by atoms with Crippen molar-refractivity contribution in [3.8, 4) is 0 Å². The molecule has 0 amide bonds. The van der Waals surface area contributed by atoms with E-state index in [0.29, 0.717) is 12.3 Å². The van der Waals surface area contributed by atoms with E-state index < -0.39 is 0 Å². The summed E-state index contributed by atoms with van der Waals surface area (Å²) in [5, 5.41) is 8.49. The Hall–Kier alpha value is -1.72. The van der Waals surface area contributed by atoms with Crippen molar-refractivity contribution >= 4 is 0 Å². The van der Waals surface area contributed by atoms with Crippen molar-refractivity contribution in [2.75, 3.05) is 32.7 Å². The molecule has 0 radical (unpaired) electrons. The van der Waals surface area contributed by atoms with Gasteiger partial charge in [-0.25, -0.2) is 0 Å². The van der Waals surface area contributed by atoms with Crippen molar-refractivity contribution in [2.24, 2.45) is 5.92 Å². The van der Waals surface area contributed by atoms with Gasteiger partial charge in [0.25, 0.3) is 0 Å². The van der Waals surface area contributed by atoms with Gasteiger partial charge in [0.15, 0.2) is 0 Å². The van der Waals surface area contributed by atoms with E-state index in [4.69, 9.17) is 4.42 Å². The van der Waals surface area contributed by atoms with Crippen LogP contribution in [-0.2, 0) is 13.0 Å². The number of rotatable bonds is 6. The first-order chi connectivity index (χ1) is 13.3. The van der Waals surface area contributed by atoms with Crippen LogP contribution in [0.3, 0.4) is 0 Å². The van der Waals surface area contributed by atoms with Crippen LogP contribution in [0.15, 0.2) is 34.7 Å². The molecule has 2 aliphatic rings. The number of nitrogens with zero attached hydrogens (tertiary/aromatic N) is 4. The number of benzene rings is 1. The van der Waals surface area contributed by atoms with E-state index in [1.54, 1.807) is 0 Å². The predicted octanol–water partition coefficient (Wildman–Crippen LogP) is 3.75. The molecule has 0 aliphatic carbocycles. The molecule has 0 N–H and O–H groups in total. The maximum atomic E-state index is 5.88. The summed E-state index contributed by atoms with van der Waals surface area (Å²) in [6.07, 6.45) is 8.92. The van der Waals surface area contributed by atoms with E-state index in [-0.39, 0.29) is 0 Å². The summed E-state index contributed by atoms with van der Waals surface area (Å²) < 4.78 is 5.88. The van der Waals surface area contributed by atoms with E-state index in [9.17, 15) is 0 Å². The van der Waals surface area contributed by atoms with Crippen LogP contribution in [0.2, 0.25) is 0 Å². The Labute approximate surface area is 162 Å². The number of hydrogen-bond donors (Lipinski definition) is 0. The van der Waals surface area contributed by atoms with Gasteiger partial charge in [-0.3, -0.25) is 4.90 Å². The van der Waals surface area contributed by atoms with Crippen LogP contribution in [-0.4, -0.2) is 52.7 Å². The minimum Gasteiger partial charge on any atom is -0.424 e. The van der Waals surface area contributed by atoms with Crippen LogP contribution >= 0.6 is 0 Å². The molecule has 146 valence electrons. The lowest BCUT2D eigenvalue weighted by atomic mass is 9.96. The highest BCUT2D eigenvalue weighted by atomic mass is 16.4. The molecule has 2 fully saturated rings. The van der Waals surface area contributed by atoms with Gasteiger partial charge in [0.05, 0.1) is 13.0 Å². The zero-order valence-electron chi connectivity index (χ0n) is 16.4. The molecule has 2 aromatic rings. The normalized spacial score (nSPS) is 20.6. The smallest absolute Gasteiger partial charge is 0.230 e. The highest BCUT2D eigenvalue weighted by Crippen LogP contribution is 2.21. The van der Waals surface area contributed by atoms with Crippen molar-refractivity contribution in [3.63, 3.8) is 0 Å². The first-order valence-corrected chi connectivity index (χ1v) is 10.6. The maximum Gasteiger partial charge on any atom is 0.230 e. The Morgan fingerprint density at radius 3 is 2.26 bits per heavy atom. The van der Waals surface area contributed by atoms with Crippen LogP contribution in [0.5, 0.6) is 0 Å². The lowest BCUT2D eigenvalue weighted by molar-refractivity contribution is 0.132. The first kappa shape index (κ1) is 18.6. The second-order valence-electron chi connectivity index (χ2n) is 8.19. The fourth-order valence-electron chi connectivity index (χ4n) is 4.40. The predicted molar refractivity (Wildman–Crippen MR) is 106 cm³/mol. The minimum absolute atomic E-state index is 0.714. The molecule has 0 saturated carbocycles. The molecule has 1 aromatic carbocycles. The molecule has 27 heavy (non-hydrogen) atoms. The summed E-state index contributed by atoms with van der Waals surface area (Å²) in [6.45, 7) is 7.01. The van der Waals surface area contributed by atoms with Gasteiger partial charge in [-0.05, 0) is 63.3 Å². The quantitative estimate of drug-likeness (QED) is 0.777. The average Bonchev–Trinajstić information content (AvgIpc) is 2.97. The summed E-state index contributed by atoms with van der Waals surface area (Å²) >= 11 is 0. The Balaban J connectivity index is 1.21. The Morgan fingerprint density at radius 2 is 1.52 bits per heavy atom. The fourth-order valence-corrected chi connectivity index (χ4v) is 4.40. The molecule has 0 atom stereocenters. The second kappa shape index (κ2) is 9.47. The molecule has 2 saturated heterocycles. The van der Waals surface area contributed by atoms with Crippen molar-refractivity contribution in [3.05, 3.63) is 47.7 Å². The van der Waals surface area contributed by atoms with Gasteiger partial charge in [-0.2, -0.15) is 0 Å². The molecule has 4 rings (SSSR count). The lowest BCUT2D eigenvalue weighted by Crippen LogP contribution is -2.38. The van der Waals surface area contributed by atoms with Gasteiger partial charge < -0.3 is 9.32 Å². The fraction of sp³-hybridized carbons (Fsp3) is 0.636. The number of hydrogen-bond acceptors (Lipinski definition) is 5. The SMILES string of the molecule is c1ccc(Cc2nnc(CN3CCC(CN4CCCCCC4)CC3)o2)cc1. The molecule has 3 heterocycles. The van der Waals surface area contributed by atoms with Crippen LogP contribution in [0.4, 0.5) is 0 Å². The highest BCUT2D eigenvalue weighted by molar-refractivity contribution is 5.17. The third kappa shape index (κ3) is 5.63. The van der Waals surface area contributed by atoms with Crippen molar-refractivity contribution in [2.45, 2.75) is 51.5 Å². The van der Waals surface area contributed by atoms with Crippen LogP contribution in [0.25, 0.3) is 0 Å². The number of aromatic nitrogens is 2. The zero-order valence-corrected chi connectivity index (χ0v) is 16.4. The van der Waals surface area contributed by atoms with Crippen molar-refractivity contribution in [1.82, 2.24) is 20.0 Å². The molecule has 0 bridgehead atoms. The van der Waals surface area contributed by atoms with Gasteiger partial charge in [0, 0.05) is 6.54 Å². The molecular formula is C22H32N4O. The van der Waals surface area contributed by atoms with Crippen LogP contribution in [0.1, 0.15) is 55.9 Å². The molecule has 0 spiro atoms. The van der Waals surface area contributed by atoms with Crippen LogP contribution in [0, 0.1) is 5.92 Å². The standard InChI is InChI=1S/C22H32N4O/c1-2-7-13-25(12-6-1)17-20-10-14-26(15-11-20)18-22-24-23-21(27-22)16-19-8-4-3-5-9-19/h3-5,8-9,20H,1-2,6-7,10-18H2. The van der Waals surface area contributed by atoms with Crippen molar-refractivity contribution < 1.29 is 4.42 Å². The molecular weight excluding hydrogens is 336 g/mol. The highest BCUT2D eigenvalue weighted by Gasteiger charge is 2.23. The summed E-state index contributed by atoms with van der Waals surface area (Å²) in [4.78, 5) is 5.18. The molecule has 5 nitrogen and oxygen atoms in total. The average molecular weight is 369 g/mol. The van der Waals surface area contributed by atoms with Gasteiger partial charge in [0.2, 0.25) is 11.8 Å². The third-order valence-corrected chi connectivity index (χ3v) is 5.99. The van der Waals surface area contributed by atoms with E-state index in [0.717, 1.165) is 31.4 Å². The van der Waals surface area contributed by atoms with E-state index in [1.807, 2.05) is 18.2 Å². The monoisotopic (exact) mass is 368 g/mol. The number of piperidine rings is 1. The maximum absolute atomic E-state index is 5.88. The number of likely N-dealkylation sites (tertiary alicyclic amines) is 2. The minimum atomic E-state index is 0.714. The second-order valence-corrected chi connectivity index (χ2v) is 8.19. The van der Waals surface area contributed by atoms with E-state index >= 15 is 0 Å². The zero-order chi connectivity index (χ0) is 18.3. The van der Waals surface area contributed by atoms with E-state index in [2.05, 4.69) is 32.1 Å². The molecule has 0 unspecified atom stereocenters. The summed E-state index contributed by atoms with van der Waals surface area (Å²) in [7, 11) is 0.